The molecule has 0 aromatic carbocycles. The highest BCUT2D eigenvalue weighted by Crippen LogP contribution is 2.26. The molecule has 1 heteroatoms. The van der Waals surface area contributed by atoms with E-state index in [4.69, 9.17) is 6.42 Å². The Bertz CT molecular complexity index is 296. The van der Waals surface area contributed by atoms with E-state index < -0.39 is 0 Å². The first-order valence-electron chi connectivity index (χ1n) is 5.63. The topological polar surface area (TPSA) is 3.24 Å². The molecular weight excluding hydrogens is 182 g/mol. The van der Waals surface area contributed by atoms with Gasteiger partial charge in [-0.05, 0) is 58.8 Å². The fourth-order valence-electron chi connectivity index (χ4n) is 2.07. The van der Waals surface area contributed by atoms with Gasteiger partial charge in [-0.3, -0.25) is 0 Å². The smallest absolute Gasteiger partial charge is 0.00161 e. The average molecular weight is 203 g/mol. The molecule has 0 N–H and O–H groups in total. The summed E-state index contributed by atoms with van der Waals surface area (Å²) in [6.45, 7) is 6.83. The lowest BCUT2D eigenvalue weighted by molar-refractivity contribution is 0.237. The Labute approximate surface area is 93.9 Å². The Hall–Kier alpha value is -1.00. The summed E-state index contributed by atoms with van der Waals surface area (Å²) in [7, 11) is 2.19. The third kappa shape index (κ3) is 3.57. The van der Waals surface area contributed by atoms with Crippen molar-refractivity contribution in [2.75, 3.05) is 20.1 Å². The van der Waals surface area contributed by atoms with Gasteiger partial charge in [0.05, 0.1) is 0 Å². The van der Waals surface area contributed by atoms with Crippen molar-refractivity contribution in [3.05, 3.63) is 23.3 Å². The molecule has 0 unspecified atom stereocenters. The maximum atomic E-state index is 5.21. The van der Waals surface area contributed by atoms with Crippen LogP contribution in [-0.2, 0) is 0 Å². The highest BCUT2D eigenvalue weighted by molar-refractivity contribution is 5.28. The standard InChI is InChI=1S/C14H21N/c1-5-6-7-12(2)13(3)14-8-10-15(4)11-9-14/h1,6-7,14H,8-11H2,2-4H3/b7-6-,13-12+. The maximum absolute atomic E-state index is 5.21. The number of likely N-dealkylation sites (tertiary alicyclic amines) is 1. The zero-order valence-corrected chi connectivity index (χ0v) is 10.1. The van der Waals surface area contributed by atoms with Crippen LogP contribution in [0.15, 0.2) is 23.3 Å². The van der Waals surface area contributed by atoms with E-state index in [9.17, 15) is 0 Å². The van der Waals surface area contributed by atoms with Crippen molar-refractivity contribution < 1.29 is 0 Å². The molecule has 15 heavy (non-hydrogen) atoms. The monoisotopic (exact) mass is 203 g/mol. The molecule has 0 amide bonds. The van der Waals surface area contributed by atoms with Crippen LogP contribution in [0, 0.1) is 18.3 Å². The summed E-state index contributed by atoms with van der Waals surface area (Å²) in [4.78, 5) is 2.40. The maximum Gasteiger partial charge on any atom is -0.00161 e. The van der Waals surface area contributed by atoms with E-state index in [0.29, 0.717) is 0 Å². The first-order chi connectivity index (χ1) is 7.15. The van der Waals surface area contributed by atoms with Gasteiger partial charge in [0.15, 0.2) is 0 Å². The predicted molar refractivity (Wildman–Crippen MR) is 66.6 cm³/mol. The molecule has 1 aliphatic rings. The molecule has 0 aliphatic carbocycles. The molecule has 1 aliphatic heterocycles. The van der Waals surface area contributed by atoms with Crippen molar-refractivity contribution in [1.82, 2.24) is 4.90 Å². The zero-order chi connectivity index (χ0) is 11.3. The van der Waals surface area contributed by atoms with Crippen LogP contribution >= 0.6 is 0 Å². The Morgan fingerprint density at radius 1 is 1.33 bits per heavy atom. The fourth-order valence-corrected chi connectivity index (χ4v) is 2.07. The molecule has 0 atom stereocenters. The minimum atomic E-state index is 0.753. The molecule has 1 rings (SSSR count). The number of rotatable bonds is 2. The molecule has 0 radical (unpaired) electrons. The summed E-state index contributed by atoms with van der Waals surface area (Å²) in [6, 6.07) is 0. The number of hydrogen-bond donors (Lipinski definition) is 0. The quantitative estimate of drug-likeness (QED) is 0.493. The van der Waals surface area contributed by atoms with E-state index in [1.165, 1.54) is 37.1 Å². The van der Waals surface area contributed by atoms with Gasteiger partial charge in [0, 0.05) is 0 Å². The highest BCUT2D eigenvalue weighted by atomic mass is 15.1. The van der Waals surface area contributed by atoms with Gasteiger partial charge in [0.1, 0.15) is 0 Å². The van der Waals surface area contributed by atoms with Gasteiger partial charge in [0.25, 0.3) is 0 Å². The Morgan fingerprint density at radius 2 is 1.93 bits per heavy atom. The zero-order valence-electron chi connectivity index (χ0n) is 10.1. The van der Waals surface area contributed by atoms with Gasteiger partial charge in [-0.25, -0.2) is 0 Å². The van der Waals surface area contributed by atoms with Crippen LogP contribution in [-0.4, -0.2) is 25.0 Å². The second kappa shape index (κ2) is 5.78. The Kier molecular flexibility index (Phi) is 4.65. The van der Waals surface area contributed by atoms with Crippen molar-refractivity contribution in [1.29, 1.82) is 0 Å². The summed E-state index contributed by atoms with van der Waals surface area (Å²) >= 11 is 0. The van der Waals surface area contributed by atoms with Crippen LogP contribution in [0.4, 0.5) is 0 Å². The largest absolute Gasteiger partial charge is 0.306 e. The molecule has 1 nitrogen and oxygen atoms in total. The Balaban J connectivity index is 2.63. The third-order valence-corrected chi connectivity index (χ3v) is 3.38. The lowest BCUT2D eigenvalue weighted by atomic mass is 9.87. The van der Waals surface area contributed by atoms with Gasteiger partial charge >= 0.3 is 0 Å². The fraction of sp³-hybridized carbons (Fsp3) is 0.571. The highest BCUT2D eigenvalue weighted by Gasteiger charge is 2.18. The summed E-state index contributed by atoms with van der Waals surface area (Å²) in [5.74, 6) is 3.29. The van der Waals surface area contributed by atoms with Crippen molar-refractivity contribution in [2.45, 2.75) is 26.7 Å². The van der Waals surface area contributed by atoms with Gasteiger partial charge in [-0.15, -0.1) is 6.42 Å². The SMILES string of the molecule is C#C/C=C\C(C)=C(/C)C1CCN(C)CC1. The number of allylic oxidation sites excluding steroid dienone is 4. The second-order valence-corrected chi connectivity index (χ2v) is 4.44. The molecule has 82 valence electrons. The first kappa shape index (κ1) is 12.1. The normalized spacial score (nSPS) is 21.5. The van der Waals surface area contributed by atoms with Crippen LogP contribution in [0.3, 0.4) is 0 Å². The van der Waals surface area contributed by atoms with Crippen molar-refractivity contribution in [3.63, 3.8) is 0 Å². The minimum Gasteiger partial charge on any atom is -0.306 e. The molecular formula is C14H21N. The van der Waals surface area contributed by atoms with E-state index in [0.717, 1.165) is 5.92 Å². The molecule has 0 aromatic heterocycles. The summed E-state index contributed by atoms with van der Waals surface area (Å²) in [6.07, 6.45) is 11.6. The number of piperidine rings is 1. The van der Waals surface area contributed by atoms with Crippen molar-refractivity contribution >= 4 is 0 Å². The van der Waals surface area contributed by atoms with Crippen LogP contribution in [0.2, 0.25) is 0 Å². The lowest BCUT2D eigenvalue weighted by Gasteiger charge is -2.30. The number of nitrogens with zero attached hydrogens (tertiary/aromatic N) is 1. The molecule has 1 fully saturated rings. The summed E-state index contributed by atoms with van der Waals surface area (Å²) in [5, 5.41) is 0. The number of terminal acetylenes is 1. The van der Waals surface area contributed by atoms with Gasteiger partial charge in [0.2, 0.25) is 0 Å². The predicted octanol–water partition coefficient (Wildman–Crippen LogP) is 2.85. The first-order valence-corrected chi connectivity index (χ1v) is 5.63. The minimum absolute atomic E-state index is 0.753. The average Bonchev–Trinajstić information content (AvgIpc) is 2.26. The lowest BCUT2D eigenvalue weighted by Crippen LogP contribution is -2.30. The molecule has 0 spiro atoms. The van der Waals surface area contributed by atoms with Crippen molar-refractivity contribution in [2.24, 2.45) is 5.92 Å². The Morgan fingerprint density at radius 3 is 2.47 bits per heavy atom. The summed E-state index contributed by atoms with van der Waals surface area (Å²) < 4.78 is 0. The molecule has 0 saturated carbocycles. The van der Waals surface area contributed by atoms with Crippen LogP contribution < -0.4 is 0 Å². The van der Waals surface area contributed by atoms with Crippen LogP contribution in [0.1, 0.15) is 26.7 Å². The third-order valence-electron chi connectivity index (χ3n) is 3.38. The molecule has 0 bridgehead atoms. The van der Waals surface area contributed by atoms with Gasteiger partial charge in [-0.2, -0.15) is 0 Å². The van der Waals surface area contributed by atoms with E-state index in [1.807, 2.05) is 6.08 Å². The van der Waals surface area contributed by atoms with Gasteiger partial charge in [-0.1, -0.05) is 23.1 Å². The van der Waals surface area contributed by atoms with E-state index in [-0.39, 0.29) is 0 Å². The molecule has 1 saturated heterocycles. The van der Waals surface area contributed by atoms with E-state index >= 15 is 0 Å². The van der Waals surface area contributed by atoms with Crippen molar-refractivity contribution in [3.8, 4) is 12.3 Å². The van der Waals surface area contributed by atoms with E-state index in [2.05, 4.69) is 31.7 Å². The molecule has 0 aromatic rings. The van der Waals surface area contributed by atoms with E-state index in [1.54, 1.807) is 6.08 Å². The second-order valence-electron chi connectivity index (χ2n) is 4.44. The van der Waals surface area contributed by atoms with Gasteiger partial charge < -0.3 is 4.90 Å². The van der Waals surface area contributed by atoms with Crippen LogP contribution in [0.5, 0.6) is 0 Å². The van der Waals surface area contributed by atoms with Crippen LogP contribution in [0.25, 0.3) is 0 Å². The number of hydrogen-bond acceptors (Lipinski definition) is 1. The molecule has 1 heterocycles. The summed E-state index contributed by atoms with van der Waals surface area (Å²) in [5.41, 5.74) is 2.84.